The number of amides is 1. The smallest absolute Gasteiger partial charge is 0.410 e. The van der Waals surface area contributed by atoms with Crippen molar-refractivity contribution in [2.24, 2.45) is 0 Å². The summed E-state index contributed by atoms with van der Waals surface area (Å²) in [5, 5.41) is 4.73. The standard InChI is InChI=1S/C19H33N3O2Si/c1-19(2,3)21(4)18(23)24-16-8-7-9-17(14-16)25(5,6)15-22-12-10-20-11-13-22/h7-9,14,20H,10-13,15H2,1-6H3. The van der Waals surface area contributed by atoms with Crippen molar-refractivity contribution in [1.29, 1.82) is 0 Å². The molecule has 1 amide bonds. The Morgan fingerprint density at radius 3 is 2.52 bits per heavy atom. The van der Waals surface area contributed by atoms with E-state index < -0.39 is 8.07 Å². The third kappa shape index (κ3) is 5.56. The summed E-state index contributed by atoms with van der Waals surface area (Å²) in [4.78, 5) is 16.5. The molecule has 6 heteroatoms. The second kappa shape index (κ2) is 7.89. The van der Waals surface area contributed by atoms with Gasteiger partial charge in [-0.25, -0.2) is 4.79 Å². The number of carbonyl (C=O) groups excluding carboxylic acids is 1. The number of hydrogen-bond acceptors (Lipinski definition) is 4. The molecule has 0 spiro atoms. The minimum Gasteiger partial charge on any atom is -0.410 e. The van der Waals surface area contributed by atoms with E-state index in [2.05, 4.69) is 35.4 Å². The predicted molar refractivity (Wildman–Crippen MR) is 106 cm³/mol. The maximum absolute atomic E-state index is 12.3. The molecule has 0 unspecified atom stereocenters. The summed E-state index contributed by atoms with van der Waals surface area (Å²) in [6, 6.07) is 8.11. The van der Waals surface area contributed by atoms with Crippen LogP contribution in [0.5, 0.6) is 5.75 Å². The fraction of sp³-hybridized carbons (Fsp3) is 0.632. The van der Waals surface area contributed by atoms with E-state index in [4.69, 9.17) is 4.74 Å². The lowest BCUT2D eigenvalue weighted by atomic mass is 10.1. The number of nitrogens with one attached hydrogen (secondary N) is 1. The van der Waals surface area contributed by atoms with E-state index in [-0.39, 0.29) is 11.6 Å². The molecular formula is C19H33N3O2Si. The van der Waals surface area contributed by atoms with Gasteiger partial charge in [-0.15, -0.1) is 0 Å². The second-order valence-corrected chi connectivity index (χ2v) is 13.2. The molecule has 1 heterocycles. The van der Waals surface area contributed by atoms with Gasteiger partial charge in [0.1, 0.15) is 5.75 Å². The summed E-state index contributed by atoms with van der Waals surface area (Å²) >= 11 is 0. The van der Waals surface area contributed by atoms with Crippen molar-refractivity contribution in [2.45, 2.75) is 39.4 Å². The molecule has 1 fully saturated rings. The van der Waals surface area contributed by atoms with Crippen LogP contribution in [0.25, 0.3) is 0 Å². The van der Waals surface area contributed by atoms with E-state index in [1.54, 1.807) is 11.9 Å². The largest absolute Gasteiger partial charge is 0.415 e. The first-order valence-corrected chi connectivity index (χ1v) is 12.3. The zero-order valence-electron chi connectivity index (χ0n) is 16.6. The zero-order valence-corrected chi connectivity index (χ0v) is 17.6. The Kier molecular flexibility index (Phi) is 6.29. The monoisotopic (exact) mass is 363 g/mol. The number of ether oxygens (including phenoxy) is 1. The van der Waals surface area contributed by atoms with Crippen LogP contribution in [0.1, 0.15) is 20.8 Å². The van der Waals surface area contributed by atoms with Crippen LogP contribution < -0.4 is 15.2 Å². The molecule has 2 rings (SSSR count). The number of carbonyl (C=O) groups is 1. The van der Waals surface area contributed by atoms with Gasteiger partial charge in [0.05, 0.1) is 8.07 Å². The molecule has 0 aliphatic carbocycles. The van der Waals surface area contributed by atoms with E-state index in [9.17, 15) is 4.79 Å². The lowest BCUT2D eigenvalue weighted by molar-refractivity contribution is 0.124. The molecule has 1 aliphatic heterocycles. The Balaban J connectivity index is 2.08. The fourth-order valence-electron chi connectivity index (χ4n) is 2.94. The van der Waals surface area contributed by atoms with Crippen LogP contribution >= 0.6 is 0 Å². The van der Waals surface area contributed by atoms with Gasteiger partial charge in [-0.1, -0.05) is 30.4 Å². The van der Waals surface area contributed by atoms with Gasteiger partial charge in [-0.3, -0.25) is 0 Å². The SMILES string of the molecule is CN(C(=O)Oc1cccc([Si](C)(C)CN2CCNCC2)c1)C(C)(C)C. The van der Waals surface area contributed by atoms with Gasteiger partial charge in [0.15, 0.2) is 0 Å². The van der Waals surface area contributed by atoms with Crippen LogP contribution in [-0.2, 0) is 0 Å². The maximum atomic E-state index is 12.3. The van der Waals surface area contributed by atoms with Crippen molar-refractivity contribution in [3.63, 3.8) is 0 Å². The summed E-state index contributed by atoms with van der Waals surface area (Å²) in [6.45, 7) is 15.1. The normalized spacial score (nSPS) is 16.6. The minimum atomic E-state index is -1.62. The number of nitrogens with zero attached hydrogens (tertiary/aromatic N) is 2. The van der Waals surface area contributed by atoms with Gasteiger partial charge in [-0.2, -0.15) is 0 Å². The van der Waals surface area contributed by atoms with Gasteiger partial charge in [0.25, 0.3) is 0 Å². The molecule has 1 aromatic rings. The Labute approximate surface area is 153 Å². The fourth-order valence-corrected chi connectivity index (χ4v) is 5.64. The van der Waals surface area contributed by atoms with E-state index in [1.807, 2.05) is 32.9 Å². The van der Waals surface area contributed by atoms with Crippen molar-refractivity contribution in [3.8, 4) is 5.75 Å². The molecule has 1 saturated heterocycles. The number of piperazine rings is 1. The highest BCUT2D eigenvalue weighted by molar-refractivity contribution is 6.90. The third-order valence-electron chi connectivity index (χ3n) is 4.93. The second-order valence-electron chi connectivity index (χ2n) is 8.54. The molecule has 0 saturated carbocycles. The van der Waals surface area contributed by atoms with Crippen LogP contribution in [0.15, 0.2) is 24.3 Å². The Bertz CT molecular complexity index is 593. The topological polar surface area (TPSA) is 44.8 Å². The van der Waals surface area contributed by atoms with Crippen molar-refractivity contribution < 1.29 is 9.53 Å². The van der Waals surface area contributed by atoms with Gasteiger partial charge in [0, 0.05) is 38.8 Å². The molecule has 140 valence electrons. The molecule has 1 N–H and O–H groups in total. The maximum Gasteiger partial charge on any atom is 0.415 e. The van der Waals surface area contributed by atoms with Crippen LogP contribution in [0.2, 0.25) is 13.1 Å². The Hall–Kier alpha value is -1.37. The average Bonchev–Trinajstić information content (AvgIpc) is 2.54. The summed E-state index contributed by atoms with van der Waals surface area (Å²) in [5.41, 5.74) is -0.259. The highest BCUT2D eigenvalue weighted by atomic mass is 28.3. The van der Waals surface area contributed by atoms with E-state index >= 15 is 0 Å². The van der Waals surface area contributed by atoms with E-state index in [0.29, 0.717) is 5.75 Å². The lowest BCUT2D eigenvalue weighted by Gasteiger charge is -2.34. The third-order valence-corrected chi connectivity index (χ3v) is 8.04. The molecule has 0 radical (unpaired) electrons. The summed E-state index contributed by atoms with van der Waals surface area (Å²) in [7, 11) is 0.153. The van der Waals surface area contributed by atoms with E-state index in [1.165, 1.54) is 5.19 Å². The van der Waals surface area contributed by atoms with Gasteiger partial charge in [-0.05, 0) is 39.1 Å². The van der Waals surface area contributed by atoms with Gasteiger partial charge in [0.2, 0.25) is 0 Å². The first kappa shape index (κ1) is 19.9. The zero-order chi connectivity index (χ0) is 18.7. The molecule has 1 aromatic carbocycles. The van der Waals surface area contributed by atoms with Crippen molar-refractivity contribution in [3.05, 3.63) is 24.3 Å². The minimum absolute atomic E-state index is 0.259. The van der Waals surface area contributed by atoms with Crippen molar-refractivity contribution >= 4 is 19.4 Å². The predicted octanol–water partition coefficient (Wildman–Crippen LogP) is 2.28. The van der Waals surface area contributed by atoms with E-state index in [0.717, 1.165) is 32.3 Å². The Morgan fingerprint density at radius 1 is 1.28 bits per heavy atom. The summed E-state index contributed by atoms with van der Waals surface area (Å²) in [6.07, 6.45) is 0.819. The number of hydrogen-bond donors (Lipinski definition) is 1. The summed E-state index contributed by atoms with van der Waals surface area (Å²) in [5.74, 6) is 0.638. The molecule has 0 aromatic heterocycles. The van der Waals surface area contributed by atoms with Crippen LogP contribution in [0.3, 0.4) is 0 Å². The van der Waals surface area contributed by atoms with Crippen LogP contribution in [-0.4, -0.2) is 68.9 Å². The highest BCUT2D eigenvalue weighted by Crippen LogP contribution is 2.17. The molecule has 25 heavy (non-hydrogen) atoms. The highest BCUT2D eigenvalue weighted by Gasteiger charge is 2.28. The lowest BCUT2D eigenvalue weighted by Crippen LogP contribution is -2.55. The molecular weight excluding hydrogens is 330 g/mol. The first-order valence-electron chi connectivity index (χ1n) is 9.09. The molecule has 1 aliphatic rings. The summed E-state index contributed by atoms with van der Waals surface area (Å²) < 4.78 is 5.61. The van der Waals surface area contributed by atoms with Crippen molar-refractivity contribution in [2.75, 3.05) is 39.4 Å². The van der Waals surface area contributed by atoms with Crippen molar-refractivity contribution in [1.82, 2.24) is 15.1 Å². The van der Waals surface area contributed by atoms with Crippen LogP contribution in [0, 0.1) is 0 Å². The molecule has 5 nitrogen and oxygen atoms in total. The quantitative estimate of drug-likeness (QED) is 0.834. The number of benzene rings is 1. The van der Waals surface area contributed by atoms with Gasteiger partial charge < -0.3 is 19.9 Å². The van der Waals surface area contributed by atoms with Gasteiger partial charge >= 0.3 is 6.09 Å². The molecule has 0 bridgehead atoms. The number of rotatable bonds is 4. The molecule has 0 atom stereocenters. The average molecular weight is 364 g/mol. The Morgan fingerprint density at radius 2 is 1.92 bits per heavy atom. The first-order chi connectivity index (χ1) is 11.6. The van der Waals surface area contributed by atoms with Crippen LogP contribution in [0.4, 0.5) is 4.79 Å².